The lowest BCUT2D eigenvalue weighted by atomic mass is 10.3. The third kappa shape index (κ3) is 1.79. The van der Waals surface area contributed by atoms with Gasteiger partial charge in [-0.25, -0.2) is 4.98 Å². The van der Waals surface area contributed by atoms with E-state index in [1.165, 1.54) is 11.3 Å². The molecule has 0 atom stereocenters. The van der Waals surface area contributed by atoms with Crippen LogP contribution in [-0.2, 0) is 0 Å². The van der Waals surface area contributed by atoms with Crippen LogP contribution in [0.25, 0.3) is 11.4 Å². The van der Waals surface area contributed by atoms with Crippen molar-refractivity contribution in [2.45, 2.75) is 0 Å². The summed E-state index contributed by atoms with van der Waals surface area (Å²) in [6, 6.07) is 3.59. The van der Waals surface area contributed by atoms with E-state index >= 15 is 0 Å². The smallest absolute Gasteiger partial charge is 0.180 e. The Kier molecular flexibility index (Phi) is 2.16. The second kappa shape index (κ2) is 3.32. The molecule has 0 saturated heterocycles. The zero-order chi connectivity index (χ0) is 9.26. The lowest BCUT2D eigenvalue weighted by molar-refractivity contribution is 1.28. The molecular weight excluding hydrogens is 206 g/mol. The molecule has 0 unspecified atom stereocenters. The van der Waals surface area contributed by atoms with Crippen LogP contribution in [0.5, 0.6) is 0 Å². The molecule has 13 heavy (non-hydrogen) atoms. The summed E-state index contributed by atoms with van der Waals surface area (Å²) in [6.07, 6.45) is 1.59. The fourth-order valence-electron chi connectivity index (χ4n) is 0.933. The Balaban J connectivity index is 2.41. The number of rotatable bonds is 1. The fourth-order valence-corrected chi connectivity index (χ4v) is 1.60. The van der Waals surface area contributed by atoms with Gasteiger partial charge in [-0.1, -0.05) is 11.6 Å². The molecule has 3 nitrogen and oxygen atoms in total. The zero-order valence-electron chi connectivity index (χ0n) is 6.57. The third-order valence-electron chi connectivity index (χ3n) is 1.51. The molecule has 0 fully saturated rings. The van der Waals surface area contributed by atoms with Gasteiger partial charge < -0.3 is 5.73 Å². The number of hydrogen-bond acceptors (Lipinski definition) is 4. The number of aromatic nitrogens is 2. The largest absolute Gasteiger partial charge is 0.375 e. The molecule has 2 N–H and O–H groups in total. The summed E-state index contributed by atoms with van der Waals surface area (Å²) in [6.45, 7) is 0. The average Bonchev–Trinajstić information content (AvgIpc) is 2.53. The normalized spacial score (nSPS) is 10.2. The highest BCUT2D eigenvalue weighted by molar-refractivity contribution is 7.13. The molecule has 2 aromatic rings. The van der Waals surface area contributed by atoms with E-state index in [4.69, 9.17) is 17.3 Å². The number of nitrogens with zero attached hydrogens (tertiary/aromatic N) is 2. The molecule has 0 amide bonds. The molecule has 2 aromatic heterocycles. The van der Waals surface area contributed by atoms with Crippen LogP contribution >= 0.6 is 22.9 Å². The lowest BCUT2D eigenvalue weighted by Gasteiger charge is -1.94. The number of thiazole rings is 1. The Morgan fingerprint density at radius 2 is 2.15 bits per heavy atom. The minimum Gasteiger partial charge on any atom is -0.375 e. The number of pyridine rings is 1. The topological polar surface area (TPSA) is 51.8 Å². The predicted octanol–water partition coefficient (Wildman–Crippen LogP) is 2.44. The number of anilines is 1. The minimum atomic E-state index is 0.548. The standard InChI is InChI=1S/C8H6ClN3S/c9-5-1-2-6(11-3-5)7-4-13-8(10)12-7/h1-4H,(H2,10,12). The van der Waals surface area contributed by atoms with Crippen LogP contribution in [0.2, 0.25) is 5.02 Å². The Hall–Kier alpha value is -1.13. The Morgan fingerprint density at radius 1 is 1.31 bits per heavy atom. The maximum atomic E-state index is 5.70. The van der Waals surface area contributed by atoms with E-state index in [0.717, 1.165) is 11.4 Å². The Bertz CT molecular complexity index is 410. The molecule has 5 heteroatoms. The summed E-state index contributed by atoms with van der Waals surface area (Å²) in [5.41, 5.74) is 7.08. The van der Waals surface area contributed by atoms with Crippen LogP contribution in [0.3, 0.4) is 0 Å². The van der Waals surface area contributed by atoms with Gasteiger partial charge in [-0.2, -0.15) is 0 Å². The molecule has 0 saturated carbocycles. The number of nitrogen functional groups attached to an aromatic ring is 1. The van der Waals surface area contributed by atoms with Gasteiger partial charge in [-0.15, -0.1) is 11.3 Å². The van der Waals surface area contributed by atoms with Crippen molar-refractivity contribution in [3.8, 4) is 11.4 Å². The predicted molar refractivity (Wildman–Crippen MR) is 54.8 cm³/mol. The van der Waals surface area contributed by atoms with E-state index in [-0.39, 0.29) is 0 Å². The highest BCUT2D eigenvalue weighted by Gasteiger charge is 2.02. The van der Waals surface area contributed by atoms with Gasteiger partial charge in [-0.3, -0.25) is 4.98 Å². The van der Waals surface area contributed by atoms with Crippen LogP contribution in [0, 0.1) is 0 Å². The minimum absolute atomic E-state index is 0.548. The van der Waals surface area contributed by atoms with Gasteiger partial charge in [0.05, 0.1) is 10.7 Å². The molecule has 0 aliphatic heterocycles. The third-order valence-corrected chi connectivity index (χ3v) is 2.41. The van der Waals surface area contributed by atoms with Crippen LogP contribution in [0.15, 0.2) is 23.7 Å². The summed E-state index contributed by atoms with van der Waals surface area (Å²) in [4.78, 5) is 8.22. The van der Waals surface area contributed by atoms with Crippen LogP contribution < -0.4 is 5.73 Å². The van der Waals surface area contributed by atoms with Crippen molar-refractivity contribution in [1.82, 2.24) is 9.97 Å². The van der Waals surface area contributed by atoms with E-state index in [9.17, 15) is 0 Å². The molecule has 0 radical (unpaired) electrons. The quantitative estimate of drug-likeness (QED) is 0.788. The average molecular weight is 212 g/mol. The van der Waals surface area contributed by atoms with E-state index in [1.54, 1.807) is 12.3 Å². The Morgan fingerprint density at radius 3 is 2.69 bits per heavy atom. The number of nitrogens with two attached hydrogens (primary N) is 1. The first-order valence-electron chi connectivity index (χ1n) is 3.58. The van der Waals surface area contributed by atoms with Gasteiger partial charge in [0.25, 0.3) is 0 Å². The molecule has 0 bridgehead atoms. The molecule has 0 aromatic carbocycles. The summed E-state index contributed by atoms with van der Waals surface area (Å²) in [5.74, 6) is 0. The Labute approximate surface area is 84.2 Å². The van der Waals surface area contributed by atoms with Crippen molar-refractivity contribution in [2.24, 2.45) is 0 Å². The van der Waals surface area contributed by atoms with Gasteiger partial charge >= 0.3 is 0 Å². The SMILES string of the molecule is Nc1nc(-c2ccc(Cl)cn2)cs1. The molecule has 2 rings (SSSR count). The van der Waals surface area contributed by atoms with Crippen molar-refractivity contribution >= 4 is 28.1 Å². The first kappa shape index (κ1) is 8.47. The highest BCUT2D eigenvalue weighted by atomic mass is 35.5. The maximum absolute atomic E-state index is 5.70. The molecule has 0 aliphatic rings. The van der Waals surface area contributed by atoms with Gasteiger partial charge in [0.1, 0.15) is 5.69 Å². The number of hydrogen-bond donors (Lipinski definition) is 1. The monoisotopic (exact) mass is 211 g/mol. The van der Waals surface area contributed by atoms with Gasteiger partial charge in [-0.05, 0) is 12.1 Å². The highest BCUT2D eigenvalue weighted by Crippen LogP contribution is 2.21. The van der Waals surface area contributed by atoms with Crippen molar-refractivity contribution in [3.63, 3.8) is 0 Å². The van der Waals surface area contributed by atoms with Gasteiger partial charge in [0.15, 0.2) is 5.13 Å². The first-order valence-corrected chi connectivity index (χ1v) is 4.84. The first-order chi connectivity index (χ1) is 6.25. The van der Waals surface area contributed by atoms with Crippen LogP contribution in [0.4, 0.5) is 5.13 Å². The van der Waals surface area contributed by atoms with E-state index < -0.39 is 0 Å². The zero-order valence-corrected chi connectivity index (χ0v) is 8.14. The van der Waals surface area contributed by atoms with E-state index in [1.807, 2.05) is 11.4 Å². The molecule has 66 valence electrons. The van der Waals surface area contributed by atoms with Crippen molar-refractivity contribution in [2.75, 3.05) is 5.73 Å². The van der Waals surface area contributed by atoms with Crippen LogP contribution in [-0.4, -0.2) is 9.97 Å². The second-order valence-corrected chi connectivity index (χ2v) is 3.76. The summed E-state index contributed by atoms with van der Waals surface area (Å²) in [7, 11) is 0. The van der Waals surface area contributed by atoms with E-state index in [0.29, 0.717) is 10.2 Å². The lowest BCUT2D eigenvalue weighted by Crippen LogP contribution is -1.85. The maximum Gasteiger partial charge on any atom is 0.180 e. The molecule has 0 aliphatic carbocycles. The fraction of sp³-hybridized carbons (Fsp3) is 0. The number of halogens is 1. The van der Waals surface area contributed by atoms with Crippen molar-refractivity contribution in [1.29, 1.82) is 0 Å². The van der Waals surface area contributed by atoms with Crippen molar-refractivity contribution < 1.29 is 0 Å². The molecular formula is C8H6ClN3S. The molecule has 2 heterocycles. The summed E-state index contributed by atoms with van der Waals surface area (Å²) >= 11 is 7.10. The van der Waals surface area contributed by atoms with Crippen LogP contribution in [0.1, 0.15) is 0 Å². The molecule has 0 spiro atoms. The summed E-state index contributed by atoms with van der Waals surface area (Å²) in [5, 5.41) is 3.03. The van der Waals surface area contributed by atoms with Gasteiger partial charge in [0.2, 0.25) is 0 Å². The summed E-state index contributed by atoms with van der Waals surface area (Å²) < 4.78 is 0. The van der Waals surface area contributed by atoms with Gasteiger partial charge in [0, 0.05) is 11.6 Å². The van der Waals surface area contributed by atoms with Crippen molar-refractivity contribution in [3.05, 3.63) is 28.7 Å². The second-order valence-electron chi connectivity index (χ2n) is 2.43. The van der Waals surface area contributed by atoms with E-state index in [2.05, 4.69) is 9.97 Å².